The molecule has 6 nitrogen and oxygen atoms in total. The van der Waals surface area contributed by atoms with Gasteiger partial charge in [-0.05, 0) is 67.1 Å². The zero-order chi connectivity index (χ0) is 32.3. The third kappa shape index (κ3) is 4.39. The van der Waals surface area contributed by atoms with Crippen LogP contribution in [0.2, 0.25) is 0 Å². The van der Waals surface area contributed by atoms with E-state index in [2.05, 4.69) is 133 Å². The number of anilines is 2. The van der Waals surface area contributed by atoms with E-state index in [0.29, 0.717) is 17.6 Å². The molecule has 2 aromatic heterocycles. The monoisotopic (exact) mass is 624 g/mol. The van der Waals surface area contributed by atoms with Gasteiger partial charge in [0.1, 0.15) is 0 Å². The summed E-state index contributed by atoms with van der Waals surface area (Å²) in [4.78, 5) is 23.4. The fraction of sp³-hybridized carbons (Fsp3) is 0.190. The van der Waals surface area contributed by atoms with Crippen LogP contribution in [0.3, 0.4) is 0 Å². The first-order valence-corrected chi connectivity index (χ1v) is 16.9. The van der Waals surface area contributed by atoms with Gasteiger partial charge in [0, 0.05) is 11.1 Å². The Kier molecular flexibility index (Phi) is 6.54. The second kappa shape index (κ2) is 11.0. The minimum absolute atomic E-state index is 0.198. The number of aromatic nitrogens is 5. The number of rotatable bonds is 5. The highest BCUT2D eigenvalue weighted by Crippen LogP contribution is 2.57. The number of hydrogen-bond donors (Lipinski definition) is 0. The van der Waals surface area contributed by atoms with Crippen molar-refractivity contribution in [1.82, 2.24) is 24.5 Å². The molecule has 0 unspecified atom stereocenters. The summed E-state index contributed by atoms with van der Waals surface area (Å²) < 4.78 is 2.48. The molecule has 2 aliphatic rings. The smallest absolute Gasteiger partial charge is 0.237 e. The van der Waals surface area contributed by atoms with Gasteiger partial charge in [-0.15, -0.1) is 0 Å². The van der Waals surface area contributed by atoms with Crippen LogP contribution in [0, 0.1) is 0 Å². The molecular formula is C42H36N6. The molecule has 0 radical (unpaired) electrons. The van der Waals surface area contributed by atoms with Crippen molar-refractivity contribution in [2.45, 2.75) is 50.6 Å². The molecule has 1 aliphatic heterocycles. The lowest BCUT2D eigenvalue weighted by Gasteiger charge is -2.48. The molecule has 1 saturated carbocycles. The molecule has 7 aromatic rings. The van der Waals surface area contributed by atoms with Gasteiger partial charge >= 0.3 is 0 Å². The highest BCUT2D eigenvalue weighted by molar-refractivity contribution is 5.87. The predicted octanol–water partition coefficient (Wildman–Crippen LogP) is 10.1. The predicted molar refractivity (Wildman–Crippen MR) is 194 cm³/mol. The van der Waals surface area contributed by atoms with Crippen LogP contribution in [0.4, 0.5) is 11.9 Å². The molecule has 0 saturated heterocycles. The Balaban J connectivity index is 1.26. The highest BCUT2D eigenvalue weighted by Gasteiger charge is 2.60. The molecule has 0 N–H and O–H groups in total. The van der Waals surface area contributed by atoms with E-state index in [9.17, 15) is 0 Å². The zero-order valence-corrected chi connectivity index (χ0v) is 27.2. The molecule has 0 amide bonds. The van der Waals surface area contributed by atoms with Gasteiger partial charge in [-0.2, -0.15) is 9.97 Å². The maximum atomic E-state index is 5.40. The van der Waals surface area contributed by atoms with E-state index in [1.807, 2.05) is 24.3 Å². The Morgan fingerprint density at radius 1 is 0.479 bits per heavy atom. The van der Waals surface area contributed by atoms with Gasteiger partial charge in [0.2, 0.25) is 11.9 Å². The Bertz CT molecular complexity index is 2280. The number of nitrogens with zero attached hydrogens (tertiary/aromatic N) is 6. The average molecular weight is 625 g/mol. The fourth-order valence-electron chi connectivity index (χ4n) is 8.01. The number of fused-ring (bicyclic) bond motifs is 5. The Morgan fingerprint density at radius 2 is 1.02 bits per heavy atom. The minimum atomic E-state index is -0.279. The summed E-state index contributed by atoms with van der Waals surface area (Å²) >= 11 is 0. The summed E-state index contributed by atoms with van der Waals surface area (Å²) in [6.07, 6.45) is 4.39. The van der Waals surface area contributed by atoms with Gasteiger partial charge < -0.3 is 4.57 Å². The van der Waals surface area contributed by atoms with E-state index in [1.165, 1.54) is 12.0 Å². The second-order valence-electron chi connectivity index (χ2n) is 13.5. The normalized spacial score (nSPS) is 20.1. The van der Waals surface area contributed by atoms with E-state index in [4.69, 9.17) is 19.9 Å². The molecule has 1 aliphatic carbocycles. The van der Waals surface area contributed by atoms with Gasteiger partial charge in [0.15, 0.2) is 11.6 Å². The largest absolute Gasteiger partial charge is 0.301 e. The highest BCUT2D eigenvalue weighted by atomic mass is 15.5. The van der Waals surface area contributed by atoms with Crippen LogP contribution in [-0.4, -0.2) is 30.0 Å². The van der Waals surface area contributed by atoms with Gasteiger partial charge in [0.25, 0.3) is 0 Å². The maximum absolute atomic E-state index is 5.40. The molecule has 3 heterocycles. The van der Waals surface area contributed by atoms with Crippen LogP contribution in [0.25, 0.3) is 56.1 Å². The molecule has 9 rings (SSSR count). The van der Waals surface area contributed by atoms with Crippen molar-refractivity contribution in [2.24, 2.45) is 0 Å². The van der Waals surface area contributed by atoms with Crippen LogP contribution >= 0.6 is 0 Å². The summed E-state index contributed by atoms with van der Waals surface area (Å²) in [7, 11) is 0. The molecule has 1 fully saturated rings. The quantitative estimate of drug-likeness (QED) is 0.191. The number of benzene rings is 5. The van der Waals surface area contributed by atoms with Crippen LogP contribution in [0.1, 0.15) is 39.5 Å². The maximum Gasteiger partial charge on any atom is 0.237 e. The summed E-state index contributed by atoms with van der Waals surface area (Å²) in [5.41, 5.74) is 8.20. The van der Waals surface area contributed by atoms with E-state index < -0.39 is 0 Å². The Morgan fingerprint density at radius 3 is 1.69 bits per heavy atom. The molecule has 5 aromatic carbocycles. The topological polar surface area (TPSA) is 59.7 Å². The SMILES string of the molecule is C[C@]12CCCC[C@]1(C)n1c(nc3cc(-c4ccccc4)ccc31)N2c1nc(-c2ccccc2)nc(-c2cccc(-c3ccccc3)c2)n1. The number of hydrogen-bond acceptors (Lipinski definition) is 5. The van der Waals surface area contributed by atoms with Gasteiger partial charge in [0.05, 0.1) is 22.1 Å². The van der Waals surface area contributed by atoms with Gasteiger partial charge in [-0.3, -0.25) is 4.90 Å². The fourth-order valence-corrected chi connectivity index (χ4v) is 8.01. The Hall–Kier alpha value is -5.62. The third-order valence-corrected chi connectivity index (χ3v) is 10.8. The second-order valence-corrected chi connectivity index (χ2v) is 13.5. The lowest BCUT2D eigenvalue weighted by atomic mass is 9.69. The van der Waals surface area contributed by atoms with Gasteiger partial charge in [-0.1, -0.05) is 128 Å². The lowest BCUT2D eigenvalue weighted by molar-refractivity contribution is 0.137. The zero-order valence-electron chi connectivity index (χ0n) is 27.2. The van der Waals surface area contributed by atoms with E-state index in [1.54, 1.807) is 0 Å². The summed E-state index contributed by atoms with van der Waals surface area (Å²) in [5, 5.41) is 0. The van der Waals surface area contributed by atoms with Gasteiger partial charge in [-0.25, -0.2) is 9.97 Å². The van der Waals surface area contributed by atoms with Crippen molar-refractivity contribution in [3.63, 3.8) is 0 Å². The first-order chi connectivity index (χ1) is 23.5. The van der Waals surface area contributed by atoms with Crippen molar-refractivity contribution >= 4 is 22.9 Å². The molecule has 2 atom stereocenters. The summed E-state index contributed by atoms with van der Waals surface area (Å²) in [5.74, 6) is 2.84. The van der Waals surface area contributed by atoms with E-state index >= 15 is 0 Å². The average Bonchev–Trinajstić information content (AvgIpc) is 3.61. The Labute approximate surface area is 280 Å². The lowest BCUT2D eigenvalue weighted by Crippen LogP contribution is -2.56. The van der Waals surface area contributed by atoms with Crippen LogP contribution in [0.15, 0.2) is 133 Å². The van der Waals surface area contributed by atoms with E-state index in [0.717, 1.165) is 64.1 Å². The summed E-state index contributed by atoms with van der Waals surface area (Å²) in [6.45, 7) is 4.79. The molecule has 6 heteroatoms. The van der Waals surface area contributed by atoms with E-state index in [-0.39, 0.29) is 11.1 Å². The molecule has 0 spiro atoms. The van der Waals surface area contributed by atoms with Crippen LogP contribution in [0.5, 0.6) is 0 Å². The molecule has 0 bridgehead atoms. The van der Waals surface area contributed by atoms with Crippen molar-refractivity contribution < 1.29 is 0 Å². The third-order valence-electron chi connectivity index (χ3n) is 10.8. The van der Waals surface area contributed by atoms with Crippen molar-refractivity contribution in [3.05, 3.63) is 133 Å². The first-order valence-electron chi connectivity index (χ1n) is 16.9. The molecule has 234 valence electrons. The number of imidazole rings is 1. The van der Waals surface area contributed by atoms with Crippen molar-refractivity contribution in [1.29, 1.82) is 0 Å². The summed E-state index contributed by atoms with van der Waals surface area (Å²) in [6, 6.07) is 46.4. The molecule has 48 heavy (non-hydrogen) atoms. The first kappa shape index (κ1) is 28.6. The standard InChI is InChI=1S/C42H36N6/c1-41-25-12-13-26-42(41,2)48(40-43-35-28-33(23-24-36(35)47(40)41)30-17-8-4-9-18-30)39-45-37(31-19-10-5-11-20-31)44-38(46-39)34-22-14-21-32(27-34)29-15-6-3-7-16-29/h3-11,14-24,27-28H,12-13,25-26H2,1-2H3/t41-,42-/m0/s1. The van der Waals surface area contributed by atoms with Crippen molar-refractivity contribution in [3.8, 4) is 45.0 Å². The molecular weight excluding hydrogens is 589 g/mol. The van der Waals surface area contributed by atoms with Crippen LogP contribution in [-0.2, 0) is 5.54 Å². The minimum Gasteiger partial charge on any atom is -0.301 e. The van der Waals surface area contributed by atoms with Crippen molar-refractivity contribution in [2.75, 3.05) is 4.90 Å². The van der Waals surface area contributed by atoms with Crippen LogP contribution < -0.4 is 4.90 Å².